The molecule has 1 aromatic carbocycles. The van der Waals surface area contributed by atoms with Crippen molar-refractivity contribution in [3.63, 3.8) is 0 Å². The first-order valence-corrected chi connectivity index (χ1v) is 8.84. The molecule has 4 heteroatoms. The van der Waals surface area contributed by atoms with Crippen LogP contribution < -0.4 is 10.6 Å². The van der Waals surface area contributed by atoms with Gasteiger partial charge < -0.3 is 10.6 Å². The number of hydrogen-bond acceptors (Lipinski definition) is 3. The molecule has 116 valence electrons. The van der Waals surface area contributed by atoms with Gasteiger partial charge in [-0.3, -0.25) is 4.79 Å². The van der Waals surface area contributed by atoms with E-state index in [1.807, 2.05) is 23.9 Å². The van der Waals surface area contributed by atoms with Gasteiger partial charge >= 0.3 is 0 Å². The Balaban J connectivity index is 1.93. The van der Waals surface area contributed by atoms with Crippen LogP contribution in [0.2, 0.25) is 0 Å². The maximum Gasteiger partial charge on any atom is 0.221 e. The molecule has 0 heterocycles. The Morgan fingerprint density at radius 1 is 1.24 bits per heavy atom. The average Bonchev–Trinajstić information content (AvgIpc) is 2.48. The summed E-state index contributed by atoms with van der Waals surface area (Å²) in [7, 11) is 0. The molecule has 0 aliphatic heterocycles. The van der Waals surface area contributed by atoms with Gasteiger partial charge in [0.15, 0.2) is 0 Å². The molecule has 0 bridgehead atoms. The number of benzene rings is 1. The van der Waals surface area contributed by atoms with Crippen LogP contribution in [0, 0.1) is 0 Å². The Bertz CT molecular complexity index is 447. The van der Waals surface area contributed by atoms with E-state index < -0.39 is 0 Å². The Hall–Kier alpha value is -1.00. The molecule has 2 atom stereocenters. The molecule has 0 aromatic heterocycles. The summed E-state index contributed by atoms with van der Waals surface area (Å²) in [5.41, 5.74) is 0.871. The molecular formula is C17H26N2OS. The molecule has 2 rings (SSSR count). The zero-order chi connectivity index (χ0) is 15.1. The fourth-order valence-electron chi connectivity index (χ4n) is 2.80. The Morgan fingerprint density at radius 2 is 1.95 bits per heavy atom. The fraction of sp³-hybridized carbons (Fsp3) is 0.588. The van der Waals surface area contributed by atoms with Gasteiger partial charge in [-0.25, -0.2) is 0 Å². The van der Waals surface area contributed by atoms with Crippen molar-refractivity contribution < 1.29 is 4.79 Å². The standard InChI is InChI=1S/C17H26N2OS/c1-3-12-18-16-6-4-5-7-17(16)21-15-10-8-14(9-11-15)19-13(2)20/h8-11,16-18H,3-7,12H2,1-2H3,(H,19,20). The summed E-state index contributed by atoms with van der Waals surface area (Å²) in [6.07, 6.45) is 6.46. The van der Waals surface area contributed by atoms with Crippen molar-refractivity contribution in [2.24, 2.45) is 0 Å². The zero-order valence-electron chi connectivity index (χ0n) is 13.0. The molecule has 21 heavy (non-hydrogen) atoms. The third-order valence-corrected chi connectivity index (χ3v) is 5.23. The van der Waals surface area contributed by atoms with E-state index in [9.17, 15) is 4.79 Å². The molecule has 0 radical (unpaired) electrons. The average molecular weight is 306 g/mol. The molecule has 3 nitrogen and oxygen atoms in total. The van der Waals surface area contributed by atoms with Crippen LogP contribution in [0.4, 0.5) is 5.69 Å². The Kier molecular flexibility index (Phi) is 6.58. The lowest BCUT2D eigenvalue weighted by Gasteiger charge is -2.32. The van der Waals surface area contributed by atoms with Crippen molar-refractivity contribution in [2.45, 2.75) is 62.1 Å². The minimum atomic E-state index is -0.0217. The monoisotopic (exact) mass is 306 g/mol. The summed E-state index contributed by atoms with van der Waals surface area (Å²) < 4.78 is 0. The van der Waals surface area contributed by atoms with E-state index in [-0.39, 0.29) is 5.91 Å². The summed E-state index contributed by atoms with van der Waals surface area (Å²) in [6, 6.07) is 8.84. The minimum Gasteiger partial charge on any atom is -0.326 e. The molecule has 1 aromatic rings. The number of amides is 1. The van der Waals surface area contributed by atoms with Crippen molar-refractivity contribution in [3.05, 3.63) is 24.3 Å². The largest absolute Gasteiger partial charge is 0.326 e. The van der Waals surface area contributed by atoms with E-state index in [4.69, 9.17) is 0 Å². The summed E-state index contributed by atoms with van der Waals surface area (Å²) in [5.74, 6) is -0.0217. The lowest BCUT2D eigenvalue weighted by atomic mass is 9.95. The lowest BCUT2D eigenvalue weighted by Crippen LogP contribution is -2.40. The van der Waals surface area contributed by atoms with Gasteiger partial charge in [0.2, 0.25) is 5.91 Å². The van der Waals surface area contributed by atoms with E-state index in [0.29, 0.717) is 11.3 Å². The van der Waals surface area contributed by atoms with Gasteiger partial charge in [0.05, 0.1) is 0 Å². The highest BCUT2D eigenvalue weighted by Gasteiger charge is 2.25. The summed E-state index contributed by atoms with van der Waals surface area (Å²) in [6.45, 7) is 4.87. The number of carbonyl (C=O) groups excluding carboxylic acids is 1. The molecule has 1 aliphatic rings. The van der Waals surface area contributed by atoms with Crippen molar-refractivity contribution in [1.29, 1.82) is 0 Å². The van der Waals surface area contributed by atoms with Crippen LogP contribution in [0.3, 0.4) is 0 Å². The van der Waals surface area contributed by atoms with Gasteiger partial charge in [0.1, 0.15) is 0 Å². The molecule has 0 saturated heterocycles. The van der Waals surface area contributed by atoms with Gasteiger partial charge in [-0.2, -0.15) is 0 Å². The maximum absolute atomic E-state index is 11.0. The smallest absolute Gasteiger partial charge is 0.221 e. The van der Waals surface area contributed by atoms with Crippen molar-refractivity contribution in [3.8, 4) is 0 Å². The molecule has 2 unspecified atom stereocenters. The van der Waals surface area contributed by atoms with E-state index in [1.54, 1.807) is 0 Å². The van der Waals surface area contributed by atoms with E-state index in [0.717, 1.165) is 12.2 Å². The molecule has 2 N–H and O–H groups in total. The highest BCUT2D eigenvalue weighted by Crippen LogP contribution is 2.34. The van der Waals surface area contributed by atoms with Crippen LogP contribution in [0.5, 0.6) is 0 Å². The number of rotatable bonds is 6. The third-order valence-electron chi connectivity index (χ3n) is 3.82. The van der Waals surface area contributed by atoms with Gasteiger partial charge in [-0.1, -0.05) is 19.8 Å². The second-order valence-electron chi connectivity index (χ2n) is 5.71. The topological polar surface area (TPSA) is 41.1 Å². The van der Waals surface area contributed by atoms with Crippen LogP contribution in [-0.4, -0.2) is 23.7 Å². The quantitative estimate of drug-likeness (QED) is 0.833. The number of hydrogen-bond donors (Lipinski definition) is 2. The summed E-state index contributed by atoms with van der Waals surface area (Å²) in [5, 5.41) is 7.18. The highest BCUT2D eigenvalue weighted by atomic mass is 32.2. The van der Waals surface area contributed by atoms with Gasteiger partial charge in [0, 0.05) is 28.8 Å². The molecule has 1 amide bonds. The molecule has 0 spiro atoms. The molecule has 1 fully saturated rings. The third kappa shape index (κ3) is 5.36. The summed E-state index contributed by atoms with van der Waals surface area (Å²) in [4.78, 5) is 12.3. The van der Waals surface area contributed by atoms with Gasteiger partial charge in [-0.15, -0.1) is 11.8 Å². The van der Waals surface area contributed by atoms with Crippen LogP contribution in [0.15, 0.2) is 29.2 Å². The first kappa shape index (κ1) is 16.4. The first-order valence-electron chi connectivity index (χ1n) is 7.96. The van der Waals surface area contributed by atoms with Gasteiger partial charge in [-0.05, 0) is 50.1 Å². The van der Waals surface area contributed by atoms with Crippen LogP contribution in [0.1, 0.15) is 46.0 Å². The van der Waals surface area contributed by atoms with Gasteiger partial charge in [0.25, 0.3) is 0 Å². The van der Waals surface area contributed by atoms with Crippen molar-refractivity contribution in [1.82, 2.24) is 5.32 Å². The molecule has 1 aliphatic carbocycles. The number of anilines is 1. The van der Waals surface area contributed by atoms with Crippen molar-refractivity contribution >= 4 is 23.4 Å². The highest BCUT2D eigenvalue weighted by molar-refractivity contribution is 8.00. The van der Waals surface area contributed by atoms with E-state index in [2.05, 4.69) is 29.7 Å². The van der Waals surface area contributed by atoms with Crippen LogP contribution in [0.25, 0.3) is 0 Å². The second kappa shape index (κ2) is 8.44. The Morgan fingerprint density at radius 3 is 2.62 bits per heavy atom. The van der Waals surface area contributed by atoms with Crippen molar-refractivity contribution in [2.75, 3.05) is 11.9 Å². The molecular weight excluding hydrogens is 280 g/mol. The normalized spacial score (nSPS) is 22.0. The SMILES string of the molecule is CCCNC1CCCCC1Sc1ccc(NC(C)=O)cc1. The maximum atomic E-state index is 11.0. The van der Waals surface area contributed by atoms with Crippen LogP contribution in [-0.2, 0) is 4.79 Å². The fourth-order valence-corrected chi connectivity index (χ4v) is 4.12. The first-order chi connectivity index (χ1) is 10.2. The Labute approximate surface area is 132 Å². The summed E-state index contributed by atoms with van der Waals surface area (Å²) >= 11 is 1.98. The zero-order valence-corrected chi connectivity index (χ0v) is 13.8. The predicted molar refractivity (Wildman–Crippen MR) is 90.9 cm³/mol. The second-order valence-corrected chi connectivity index (χ2v) is 7.02. The number of thioether (sulfide) groups is 1. The predicted octanol–water partition coefficient (Wildman–Crippen LogP) is 4.05. The van der Waals surface area contributed by atoms with Crippen LogP contribution >= 0.6 is 11.8 Å². The lowest BCUT2D eigenvalue weighted by molar-refractivity contribution is -0.114. The molecule has 1 saturated carbocycles. The number of nitrogens with one attached hydrogen (secondary N) is 2. The van der Waals surface area contributed by atoms with E-state index >= 15 is 0 Å². The minimum absolute atomic E-state index is 0.0217. The number of carbonyl (C=O) groups is 1. The van der Waals surface area contributed by atoms with E-state index in [1.165, 1.54) is 43.9 Å².